The summed E-state index contributed by atoms with van der Waals surface area (Å²) < 4.78 is 0. The van der Waals surface area contributed by atoms with Crippen LogP contribution in [-0.2, 0) is 18.4 Å². The molecule has 0 saturated carbocycles. The molecule has 0 radical (unpaired) electrons. The van der Waals surface area contributed by atoms with E-state index < -0.39 is 0 Å². The molecule has 1 aromatic carbocycles. The number of hydrogen-bond donors (Lipinski definition) is 0. The molecule has 0 saturated heterocycles. The first-order valence-corrected chi connectivity index (χ1v) is 3.13. The second-order valence-corrected chi connectivity index (χ2v) is 1.92. The van der Waals surface area contributed by atoms with E-state index in [1.54, 1.807) is 0 Å². The minimum atomic E-state index is 0. The molecule has 9 heavy (non-hydrogen) atoms. The van der Waals surface area contributed by atoms with Crippen molar-refractivity contribution in [3.05, 3.63) is 35.9 Å². The predicted octanol–water partition coefficient (Wildman–Crippen LogP) is -1.26. The van der Waals surface area contributed by atoms with Crippen molar-refractivity contribution in [3.8, 4) is 0 Å². The van der Waals surface area contributed by atoms with Crippen LogP contribution in [0.25, 0.3) is 0 Å². The van der Waals surface area contributed by atoms with Crippen molar-refractivity contribution in [1.82, 2.24) is 0 Å². The van der Waals surface area contributed by atoms with Crippen molar-refractivity contribution in [2.45, 2.75) is 5.75 Å². The molecular formula is C7H7KS. The molecule has 0 unspecified atom stereocenters. The molecule has 0 aliphatic heterocycles. The molecular weight excluding hydrogens is 155 g/mol. The van der Waals surface area contributed by atoms with Crippen LogP contribution in [-0.4, -0.2) is 0 Å². The van der Waals surface area contributed by atoms with Crippen molar-refractivity contribution in [2.75, 3.05) is 0 Å². The summed E-state index contributed by atoms with van der Waals surface area (Å²) in [7, 11) is 0. The van der Waals surface area contributed by atoms with Crippen LogP contribution >= 0.6 is 0 Å². The monoisotopic (exact) mass is 162 g/mol. The van der Waals surface area contributed by atoms with Crippen LogP contribution in [0.4, 0.5) is 0 Å². The number of rotatable bonds is 1. The van der Waals surface area contributed by atoms with Gasteiger partial charge in [-0.3, -0.25) is 0 Å². The van der Waals surface area contributed by atoms with Gasteiger partial charge in [-0.1, -0.05) is 35.9 Å². The van der Waals surface area contributed by atoms with Crippen molar-refractivity contribution >= 4 is 12.6 Å². The van der Waals surface area contributed by atoms with E-state index in [-0.39, 0.29) is 51.4 Å². The summed E-state index contributed by atoms with van der Waals surface area (Å²) in [5.41, 5.74) is 1.22. The van der Waals surface area contributed by atoms with Crippen LogP contribution < -0.4 is 51.4 Å². The first-order valence-electron chi connectivity index (χ1n) is 2.55. The Morgan fingerprint density at radius 3 is 2.00 bits per heavy atom. The molecule has 0 atom stereocenters. The maximum atomic E-state index is 4.82. The average molecular weight is 162 g/mol. The Bertz CT molecular complexity index is 150. The topological polar surface area (TPSA) is 0 Å². The zero-order valence-electron chi connectivity index (χ0n) is 5.50. The van der Waals surface area contributed by atoms with Crippen LogP contribution in [0.1, 0.15) is 5.56 Å². The quantitative estimate of drug-likeness (QED) is 0.367. The Morgan fingerprint density at radius 1 is 1.11 bits per heavy atom. The maximum Gasteiger partial charge on any atom is 1.00 e. The van der Waals surface area contributed by atoms with Crippen LogP contribution in [0.15, 0.2) is 30.3 Å². The largest absolute Gasteiger partial charge is 1.00 e. The van der Waals surface area contributed by atoms with E-state index in [1.807, 2.05) is 30.3 Å². The van der Waals surface area contributed by atoms with Gasteiger partial charge in [-0.15, -0.1) is 0 Å². The zero-order chi connectivity index (χ0) is 5.82. The Kier molecular flexibility index (Phi) is 6.75. The molecule has 0 nitrogen and oxygen atoms in total. The first kappa shape index (κ1) is 10.2. The minimum Gasteiger partial charge on any atom is -0.788 e. The fourth-order valence-corrected chi connectivity index (χ4v) is 0.767. The minimum absolute atomic E-state index is 0. The van der Waals surface area contributed by atoms with Crippen molar-refractivity contribution in [2.24, 2.45) is 0 Å². The summed E-state index contributed by atoms with van der Waals surface area (Å²) in [5.74, 6) is 0.723. The van der Waals surface area contributed by atoms with Gasteiger partial charge < -0.3 is 12.6 Å². The van der Waals surface area contributed by atoms with Gasteiger partial charge in [0.05, 0.1) is 0 Å². The smallest absolute Gasteiger partial charge is 0.788 e. The van der Waals surface area contributed by atoms with E-state index in [4.69, 9.17) is 12.6 Å². The molecule has 1 rings (SSSR count). The standard InChI is InChI=1S/C7H8S.K/c8-6-7-4-2-1-3-5-7;/h1-5,8H,6H2;/q;+1/p-1. The Morgan fingerprint density at radius 2 is 1.67 bits per heavy atom. The molecule has 0 bridgehead atoms. The third-order valence-electron chi connectivity index (χ3n) is 1.01. The molecule has 2 heteroatoms. The zero-order valence-corrected chi connectivity index (χ0v) is 9.44. The van der Waals surface area contributed by atoms with Crippen molar-refractivity contribution in [3.63, 3.8) is 0 Å². The van der Waals surface area contributed by atoms with Gasteiger partial charge in [-0.05, 0) is 0 Å². The number of benzene rings is 1. The fraction of sp³-hybridized carbons (Fsp3) is 0.143. The van der Waals surface area contributed by atoms with Crippen LogP contribution in [0, 0.1) is 0 Å². The maximum absolute atomic E-state index is 4.82. The van der Waals surface area contributed by atoms with Gasteiger partial charge in [-0.25, -0.2) is 0 Å². The summed E-state index contributed by atoms with van der Waals surface area (Å²) in [6, 6.07) is 10.1. The summed E-state index contributed by atoms with van der Waals surface area (Å²) in [6.45, 7) is 0. The van der Waals surface area contributed by atoms with E-state index in [0.29, 0.717) is 0 Å². The molecule has 0 aromatic heterocycles. The van der Waals surface area contributed by atoms with Gasteiger partial charge >= 0.3 is 51.4 Å². The molecule has 0 amide bonds. The SMILES string of the molecule is [K+].[S-]Cc1ccccc1. The first-order chi connectivity index (χ1) is 3.93. The average Bonchev–Trinajstić information content (AvgIpc) is 1.90. The summed E-state index contributed by atoms with van der Waals surface area (Å²) >= 11 is 4.82. The van der Waals surface area contributed by atoms with Gasteiger partial charge in [-0.2, -0.15) is 5.75 Å². The van der Waals surface area contributed by atoms with E-state index >= 15 is 0 Å². The third kappa shape index (κ3) is 3.81. The van der Waals surface area contributed by atoms with Crippen LogP contribution in [0.3, 0.4) is 0 Å². The molecule has 0 spiro atoms. The molecule has 0 aliphatic rings. The van der Waals surface area contributed by atoms with Gasteiger partial charge in [0.2, 0.25) is 0 Å². The van der Waals surface area contributed by atoms with Crippen LogP contribution in [0.2, 0.25) is 0 Å². The van der Waals surface area contributed by atoms with E-state index in [2.05, 4.69) is 0 Å². The normalized spacial score (nSPS) is 8.11. The Labute approximate surface area is 104 Å². The molecule has 0 aliphatic carbocycles. The molecule has 0 fully saturated rings. The third-order valence-corrected chi connectivity index (χ3v) is 1.34. The van der Waals surface area contributed by atoms with Crippen molar-refractivity contribution < 1.29 is 51.4 Å². The Hall–Kier alpha value is 1.21. The Balaban J connectivity index is 0.000000640. The predicted molar refractivity (Wildman–Crippen MR) is 37.5 cm³/mol. The summed E-state index contributed by atoms with van der Waals surface area (Å²) in [5, 5.41) is 0. The van der Waals surface area contributed by atoms with E-state index in [0.717, 1.165) is 5.75 Å². The summed E-state index contributed by atoms with van der Waals surface area (Å²) in [6.07, 6.45) is 0. The van der Waals surface area contributed by atoms with Gasteiger partial charge in [0, 0.05) is 0 Å². The van der Waals surface area contributed by atoms with E-state index in [9.17, 15) is 0 Å². The summed E-state index contributed by atoms with van der Waals surface area (Å²) in [4.78, 5) is 0. The van der Waals surface area contributed by atoms with Crippen LogP contribution in [0.5, 0.6) is 0 Å². The molecule has 0 heterocycles. The van der Waals surface area contributed by atoms with Crippen molar-refractivity contribution in [1.29, 1.82) is 0 Å². The van der Waals surface area contributed by atoms with E-state index in [1.165, 1.54) is 5.56 Å². The molecule has 0 N–H and O–H groups in total. The molecule has 42 valence electrons. The molecule has 1 aromatic rings. The number of hydrogen-bond acceptors (Lipinski definition) is 1. The second-order valence-electron chi connectivity index (χ2n) is 1.63. The van der Waals surface area contributed by atoms with Gasteiger partial charge in [0.25, 0.3) is 0 Å². The van der Waals surface area contributed by atoms with Gasteiger partial charge in [0.15, 0.2) is 0 Å². The van der Waals surface area contributed by atoms with Gasteiger partial charge in [0.1, 0.15) is 0 Å². The fourth-order valence-electron chi connectivity index (χ4n) is 0.574. The second kappa shape index (κ2) is 5.95.